The molecule has 1 aliphatic rings. The second kappa shape index (κ2) is 8.91. The number of rotatable bonds is 6. The average Bonchev–Trinajstić information content (AvgIpc) is 2.98. The van der Waals surface area contributed by atoms with Crippen LogP contribution in [0.1, 0.15) is 12.0 Å². The Morgan fingerprint density at radius 3 is 2.50 bits per heavy atom. The molecule has 9 heteroatoms. The number of carbonyl (C=O) groups is 1. The maximum atomic E-state index is 12.9. The molecule has 2 aromatic rings. The topological polar surface area (TPSA) is 63.7 Å². The normalized spacial score (nSPS) is 18.0. The Labute approximate surface area is 179 Å². The molecule has 1 fully saturated rings. The van der Waals surface area contributed by atoms with E-state index in [1.807, 2.05) is 0 Å². The van der Waals surface area contributed by atoms with Gasteiger partial charge in [-0.05, 0) is 42.3 Å². The molecule has 0 aliphatic carbocycles. The fourth-order valence-corrected chi connectivity index (χ4v) is 5.44. The quantitative estimate of drug-likeness (QED) is 0.644. The first-order chi connectivity index (χ1) is 13.2. The molecule has 1 amide bonds. The molecule has 5 nitrogen and oxygen atoms in total. The van der Waals surface area contributed by atoms with Crippen LogP contribution in [0.2, 0.25) is 15.1 Å². The maximum Gasteiger partial charge on any atom is 0.261 e. The predicted octanol–water partition coefficient (Wildman–Crippen LogP) is 4.24. The summed E-state index contributed by atoms with van der Waals surface area (Å²) < 4.78 is 29.4. The van der Waals surface area contributed by atoms with Crippen molar-refractivity contribution in [3.63, 3.8) is 0 Å². The standard InChI is InChI=1S/C19H18Cl3NO4S/c20-14-2-1-3-17(8-14)27-11-19(24)23(16-6-7-28(25,26)12-16)10-13-4-5-15(21)9-18(13)22/h1-5,8-9,16H,6-7,10-12H2/t16-/m0/s1. The van der Waals surface area contributed by atoms with Gasteiger partial charge in [0.1, 0.15) is 5.75 Å². The molecule has 0 N–H and O–H groups in total. The van der Waals surface area contributed by atoms with Crippen LogP contribution in [0.5, 0.6) is 5.75 Å². The lowest BCUT2D eigenvalue weighted by Gasteiger charge is -2.29. The number of benzene rings is 2. The van der Waals surface area contributed by atoms with Crippen LogP contribution in [0.25, 0.3) is 0 Å². The van der Waals surface area contributed by atoms with E-state index in [9.17, 15) is 13.2 Å². The van der Waals surface area contributed by atoms with E-state index in [0.717, 1.165) is 0 Å². The summed E-state index contributed by atoms with van der Waals surface area (Å²) in [4.78, 5) is 14.4. The van der Waals surface area contributed by atoms with Crippen molar-refractivity contribution < 1.29 is 17.9 Å². The Morgan fingerprint density at radius 1 is 1.11 bits per heavy atom. The first-order valence-corrected chi connectivity index (χ1v) is 11.5. The van der Waals surface area contributed by atoms with Crippen LogP contribution in [0.15, 0.2) is 42.5 Å². The predicted molar refractivity (Wildman–Crippen MR) is 111 cm³/mol. The summed E-state index contributed by atoms with van der Waals surface area (Å²) in [6.07, 6.45) is 0.385. The number of halogens is 3. The van der Waals surface area contributed by atoms with Crippen LogP contribution in [0.4, 0.5) is 0 Å². The van der Waals surface area contributed by atoms with E-state index < -0.39 is 15.9 Å². The zero-order chi connectivity index (χ0) is 20.3. The van der Waals surface area contributed by atoms with Gasteiger partial charge in [-0.2, -0.15) is 0 Å². The van der Waals surface area contributed by atoms with Gasteiger partial charge >= 0.3 is 0 Å². The van der Waals surface area contributed by atoms with Crippen molar-refractivity contribution in [3.8, 4) is 5.75 Å². The van der Waals surface area contributed by atoms with Gasteiger partial charge in [0.25, 0.3) is 5.91 Å². The van der Waals surface area contributed by atoms with E-state index >= 15 is 0 Å². The van der Waals surface area contributed by atoms with E-state index in [1.165, 1.54) is 4.90 Å². The lowest BCUT2D eigenvalue weighted by atomic mass is 10.1. The number of sulfone groups is 1. The van der Waals surface area contributed by atoms with Crippen LogP contribution in [0, 0.1) is 0 Å². The number of hydrogen-bond acceptors (Lipinski definition) is 4. The van der Waals surface area contributed by atoms with Crippen molar-refractivity contribution in [3.05, 3.63) is 63.1 Å². The van der Waals surface area contributed by atoms with E-state index in [4.69, 9.17) is 39.5 Å². The van der Waals surface area contributed by atoms with Gasteiger partial charge in [-0.3, -0.25) is 4.79 Å². The summed E-state index contributed by atoms with van der Waals surface area (Å²) in [5, 5.41) is 1.40. The van der Waals surface area contributed by atoms with Gasteiger partial charge in [-0.25, -0.2) is 8.42 Å². The molecule has 0 bridgehead atoms. The molecular formula is C19H18Cl3NO4S. The highest BCUT2D eigenvalue weighted by Gasteiger charge is 2.35. The molecule has 1 heterocycles. The van der Waals surface area contributed by atoms with Crippen LogP contribution >= 0.6 is 34.8 Å². The van der Waals surface area contributed by atoms with E-state index in [0.29, 0.717) is 32.8 Å². The fraction of sp³-hybridized carbons (Fsp3) is 0.316. The highest BCUT2D eigenvalue weighted by Crippen LogP contribution is 2.26. The first-order valence-electron chi connectivity index (χ1n) is 8.56. The first kappa shape index (κ1) is 21.2. The van der Waals surface area contributed by atoms with Crippen LogP contribution in [-0.2, 0) is 21.2 Å². The lowest BCUT2D eigenvalue weighted by molar-refractivity contribution is -0.136. The summed E-state index contributed by atoms with van der Waals surface area (Å²) in [7, 11) is -3.16. The van der Waals surface area contributed by atoms with Crippen molar-refractivity contribution >= 4 is 50.5 Å². The zero-order valence-electron chi connectivity index (χ0n) is 14.8. The summed E-state index contributed by atoms with van der Waals surface area (Å²) >= 11 is 18.1. The monoisotopic (exact) mass is 461 g/mol. The molecule has 1 atom stereocenters. The van der Waals surface area contributed by atoms with E-state index in [1.54, 1.807) is 42.5 Å². The van der Waals surface area contributed by atoms with E-state index in [-0.39, 0.29) is 30.6 Å². The number of hydrogen-bond donors (Lipinski definition) is 0. The Hall–Kier alpha value is -1.47. The number of ether oxygens (including phenoxy) is 1. The van der Waals surface area contributed by atoms with E-state index in [2.05, 4.69) is 0 Å². The van der Waals surface area contributed by atoms with Gasteiger partial charge in [0.15, 0.2) is 16.4 Å². The third-order valence-corrected chi connectivity index (χ3v) is 7.06. The lowest BCUT2D eigenvalue weighted by Crippen LogP contribution is -2.43. The molecule has 2 aromatic carbocycles. The van der Waals surface area contributed by atoms with Gasteiger partial charge in [0.05, 0.1) is 11.5 Å². The molecule has 3 rings (SSSR count). The molecule has 28 heavy (non-hydrogen) atoms. The van der Waals surface area contributed by atoms with Gasteiger partial charge in [0.2, 0.25) is 0 Å². The second-order valence-electron chi connectivity index (χ2n) is 6.56. The third-order valence-electron chi connectivity index (χ3n) is 4.48. The molecule has 1 aliphatic heterocycles. The van der Waals surface area contributed by atoms with Gasteiger partial charge < -0.3 is 9.64 Å². The highest BCUT2D eigenvalue weighted by atomic mass is 35.5. The highest BCUT2D eigenvalue weighted by molar-refractivity contribution is 7.91. The largest absolute Gasteiger partial charge is 0.484 e. The zero-order valence-corrected chi connectivity index (χ0v) is 17.9. The molecular weight excluding hydrogens is 445 g/mol. The van der Waals surface area contributed by atoms with Gasteiger partial charge in [-0.1, -0.05) is 46.9 Å². The van der Waals surface area contributed by atoms with Gasteiger partial charge in [0, 0.05) is 27.7 Å². The minimum atomic E-state index is -3.16. The van der Waals surface area contributed by atoms with Crippen molar-refractivity contribution in [1.82, 2.24) is 4.90 Å². The molecule has 0 unspecified atom stereocenters. The van der Waals surface area contributed by atoms with Crippen molar-refractivity contribution in [2.45, 2.75) is 19.0 Å². The molecule has 0 aromatic heterocycles. The van der Waals surface area contributed by atoms with Crippen molar-refractivity contribution in [2.24, 2.45) is 0 Å². The third kappa shape index (κ3) is 5.54. The fourth-order valence-electron chi connectivity index (χ4n) is 3.06. The van der Waals surface area contributed by atoms with Crippen LogP contribution in [0.3, 0.4) is 0 Å². The summed E-state index contributed by atoms with van der Waals surface area (Å²) in [5.41, 5.74) is 0.687. The summed E-state index contributed by atoms with van der Waals surface area (Å²) in [6, 6.07) is 11.3. The van der Waals surface area contributed by atoms with Gasteiger partial charge in [-0.15, -0.1) is 0 Å². The minimum Gasteiger partial charge on any atom is -0.484 e. The number of amides is 1. The molecule has 0 radical (unpaired) electrons. The Kier molecular flexibility index (Phi) is 6.76. The van der Waals surface area contributed by atoms with Crippen LogP contribution < -0.4 is 4.74 Å². The molecule has 0 spiro atoms. The summed E-state index contributed by atoms with van der Waals surface area (Å²) in [5.74, 6) is 0.129. The van der Waals surface area contributed by atoms with Crippen molar-refractivity contribution in [2.75, 3.05) is 18.1 Å². The number of carbonyl (C=O) groups excluding carboxylic acids is 1. The molecule has 1 saturated heterocycles. The second-order valence-corrected chi connectivity index (χ2v) is 10.1. The maximum absolute atomic E-state index is 12.9. The molecule has 150 valence electrons. The Balaban J connectivity index is 1.78. The molecule has 0 saturated carbocycles. The number of nitrogens with zero attached hydrogens (tertiary/aromatic N) is 1. The minimum absolute atomic E-state index is 0.0605. The SMILES string of the molecule is O=C(COc1cccc(Cl)c1)N(Cc1ccc(Cl)cc1Cl)[C@H]1CCS(=O)(=O)C1. The smallest absolute Gasteiger partial charge is 0.261 e. The van der Waals surface area contributed by atoms with Crippen LogP contribution in [-0.4, -0.2) is 43.4 Å². The summed E-state index contributed by atoms with van der Waals surface area (Å²) in [6.45, 7) is -0.0595. The Morgan fingerprint density at radius 2 is 1.86 bits per heavy atom. The van der Waals surface area contributed by atoms with Crippen molar-refractivity contribution in [1.29, 1.82) is 0 Å². The average molecular weight is 463 g/mol. The Bertz CT molecular complexity index is 981.